The summed E-state index contributed by atoms with van der Waals surface area (Å²) >= 11 is 0. The molecule has 0 aliphatic carbocycles. The lowest BCUT2D eigenvalue weighted by Crippen LogP contribution is -2.55. The number of ether oxygens (including phenoxy) is 2. The minimum Gasteiger partial charge on any atom is -0.454 e. The molecule has 1 aliphatic rings. The van der Waals surface area contributed by atoms with E-state index in [2.05, 4.69) is 0 Å². The van der Waals surface area contributed by atoms with Crippen molar-refractivity contribution < 1.29 is 29.6 Å². The van der Waals surface area contributed by atoms with E-state index in [0.717, 1.165) is 0 Å². The molecular formula is C10H10O6. The van der Waals surface area contributed by atoms with E-state index in [1.54, 1.807) is 0 Å². The number of rotatable bonds is 2. The third-order valence-corrected chi connectivity index (χ3v) is 2.24. The van der Waals surface area contributed by atoms with Gasteiger partial charge in [0.25, 0.3) is 12.1 Å². The van der Waals surface area contributed by atoms with Crippen molar-refractivity contribution in [2.24, 2.45) is 0 Å². The number of fused-ring (bicyclic) bond motifs is 1. The van der Waals surface area contributed by atoms with Crippen LogP contribution >= 0.6 is 0 Å². The van der Waals surface area contributed by atoms with Gasteiger partial charge in [0.05, 0.1) is 0 Å². The fourth-order valence-corrected chi connectivity index (χ4v) is 1.34. The number of hydrogen-bond donors (Lipinski definition) is 3. The summed E-state index contributed by atoms with van der Waals surface area (Å²) in [5, 5.41) is 27.9. The minimum absolute atomic E-state index is 0.0893. The highest BCUT2D eigenvalue weighted by molar-refractivity contribution is 5.76. The van der Waals surface area contributed by atoms with Crippen LogP contribution in [0.5, 0.6) is 11.5 Å². The van der Waals surface area contributed by atoms with Gasteiger partial charge in [0.2, 0.25) is 0 Å². The van der Waals surface area contributed by atoms with Crippen molar-refractivity contribution in [1.29, 1.82) is 0 Å². The topological polar surface area (TPSA) is 96.2 Å². The molecule has 0 fully saturated rings. The Labute approximate surface area is 90.7 Å². The van der Waals surface area contributed by atoms with Gasteiger partial charge in [-0.2, -0.15) is 0 Å². The quantitative estimate of drug-likeness (QED) is 0.575. The van der Waals surface area contributed by atoms with Crippen LogP contribution in [0.3, 0.4) is 0 Å². The van der Waals surface area contributed by atoms with Crippen LogP contribution < -0.4 is 9.47 Å². The maximum absolute atomic E-state index is 10.5. The standard InChI is InChI=1S/C10H10O6/c11-4-6-1-2-7-8(3-6)16-10(14,5-12)9(13)15-7/h1-4,9,12-14H,5H2. The van der Waals surface area contributed by atoms with Crippen LogP contribution in [0.2, 0.25) is 0 Å². The number of benzene rings is 1. The van der Waals surface area contributed by atoms with Crippen LogP contribution in [0.4, 0.5) is 0 Å². The molecule has 0 saturated carbocycles. The van der Waals surface area contributed by atoms with Crippen LogP contribution in [0.15, 0.2) is 18.2 Å². The van der Waals surface area contributed by atoms with Gasteiger partial charge in [-0.1, -0.05) is 0 Å². The van der Waals surface area contributed by atoms with E-state index in [1.165, 1.54) is 18.2 Å². The van der Waals surface area contributed by atoms with Gasteiger partial charge in [-0.05, 0) is 18.2 Å². The zero-order chi connectivity index (χ0) is 11.8. The first kappa shape index (κ1) is 10.9. The van der Waals surface area contributed by atoms with E-state index in [9.17, 15) is 15.0 Å². The summed E-state index contributed by atoms with van der Waals surface area (Å²) in [6.45, 7) is -0.834. The highest BCUT2D eigenvalue weighted by Crippen LogP contribution is 2.36. The molecule has 2 unspecified atom stereocenters. The van der Waals surface area contributed by atoms with Gasteiger partial charge in [0.15, 0.2) is 11.5 Å². The third kappa shape index (κ3) is 1.63. The summed E-state index contributed by atoms with van der Waals surface area (Å²) in [7, 11) is 0. The molecule has 0 spiro atoms. The number of aliphatic hydroxyl groups is 3. The third-order valence-electron chi connectivity index (χ3n) is 2.24. The van der Waals surface area contributed by atoms with Crippen molar-refractivity contribution in [3.05, 3.63) is 23.8 Å². The first-order valence-corrected chi connectivity index (χ1v) is 4.55. The summed E-state index contributed by atoms with van der Waals surface area (Å²) in [4.78, 5) is 10.5. The van der Waals surface area contributed by atoms with E-state index in [1.807, 2.05) is 0 Å². The van der Waals surface area contributed by atoms with Crippen LogP contribution in [0.1, 0.15) is 10.4 Å². The van der Waals surface area contributed by atoms with Crippen molar-refractivity contribution in [3.63, 3.8) is 0 Å². The van der Waals surface area contributed by atoms with E-state index in [-0.39, 0.29) is 11.5 Å². The van der Waals surface area contributed by atoms with Gasteiger partial charge in [-0.15, -0.1) is 0 Å². The van der Waals surface area contributed by atoms with Crippen molar-refractivity contribution in [3.8, 4) is 11.5 Å². The number of hydrogen-bond acceptors (Lipinski definition) is 6. The lowest BCUT2D eigenvalue weighted by atomic mass is 10.2. The van der Waals surface area contributed by atoms with E-state index >= 15 is 0 Å². The summed E-state index contributed by atoms with van der Waals surface area (Å²) < 4.78 is 9.94. The summed E-state index contributed by atoms with van der Waals surface area (Å²) in [6.07, 6.45) is -1.08. The molecule has 1 aromatic rings. The average Bonchev–Trinajstić information content (AvgIpc) is 2.30. The maximum atomic E-state index is 10.5. The molecule has 1 heterocycles. The Bertz CT molecular complexity index is 418. The fraction of sp³-hybridized carbons (Fsp3) is 0.300. The van der Waals surface area contributed by atoms with E-state index in [4.69, 9.17) is 14.6 Å². The average molecular weight is 226 g/mol. The van der Waals surface area contributed by atoms with Crippen molar-refractivity contribution in [2.75, 3.05) is 6.61 Å². The summed E-state index contributed by atoms with van der Waals surface area (Å²) in [5.41, 5.74) is 0.332. The highest BCUT2D eigenvalue weighted by atomic mass is 16.7. The molecule has 16 heavy (non-hydrogen) atoms. The molecule has 0 saturated heterocycles. The second kappa shape index (κ2) is 3.75. The lowest BCUT2D eigenvalue weighted by Gasteiger charge is -2.36. The zero-order valence-corrected chi connectivity index (χ0v) is 8.16. The molecule has 0 aromatic heterocycles. The van der Waals surface area contributed by atoms with Crippen LogP contribution in [0, 0.1) is 0 Å². The lowest BCUT2D eigenvalue weighted by molar-refractivity contribution is -0.290. The Morgan fingerprint density at radius 2 is 2.19 bits per heavy atom. The second-order valence-electron chi connectivity index (χ2n) is 3.40. The molecule has 6 nitrogen and oxygen atoms in total. The molecule has 0 radical (unpaired) electrons. The van der Waals surface area contributed by atoms with Crippen LogP contribution in [0.25, 0.3) is 0 Å². The van der Waals surface area contributed by atoms with E-state index < -0.39 is 18.7 Å². The molecule has 6 heteroatoms. The van der Waals surface area contributed by atoms with Crippen LogP contribution in [-0.2, 0) is 0 Å². The SMILES string of the molecule is O=Cc1ccc2c(c1)OC(O)(CO)C(O)O2. The zero-order valence-electron chi connectivity index (χ0n) is 8.16. The molecule has 3 N–H and O–H groups in total. The second-order valence-corrected chi connectivity index (χ2v) is 3.40. The number of carbonyl (C=O) groups excluding carboxylic acids is 1. The Morgan fingerprint density at radius 1 is 1.44 bits per heavy atom. The Morgan fingerprint density at radius 3 is 2.81 bits per heavy atom. The molecule has 1 aromatic carbocycles. The monoisotopic (exact) mass is 226 g/mol. The molecule has 0 amide bonds. The Balaban J connectivity index is 2.40. The fourth-order valence-electron chi connectivity index (χ4n) is 1.34. The van der Waals surface area contributed by atoms with Crippen molar-refractivity contribution >= 4 is 6.29 Å². The predicted molar refractivity (Wildman–Crippen MR) is 51.1 cm³/mol. The van der Waals surface area contributed by atoms with Gasteiger partial charge in [0, 0.05) is 5.56 Å². The Kier molecular flexibility index (Phi) is 2.55. The smallest absolute Gasteiger partial charge is 0.294 e. The maximum Gasteiger partial charge on any atom is 0.294 e. The number of aldehydes is 1. The van der Waals surface area contributed by atoms with Gasteiger partial charge >= 0.3 is 0 Å². The molecule has 86 valence electrons. The normalized spacial score (nSPS) is 27.6. The summed E-state index contributed by atoms with van der Waals surface area (Å²) in [5.74, 6) is -1.93. The molecule has 2 rings (SSSR count). The Hall–Kier alpha value is -1.63. The molecule has 0 bridgehead atoms. The molecular weight excluding hydrogens is 216 g/mol. The predicted octanol–water partition coefficient (Wildman–Crippen LogP) is -0.730. The van der Waals surface area contributed by atoms with Gasteiger partial charge in [-0.25, -0.2) is 0 Å². The molecule has 2 atom stereocenters. The van der Waals surface area contributed by atoms with Crippen molar-refractivity contribution in [2.45, 2.75) is 12.1 Å². The number of aliphatic hydroxyl groups excluding tert-OH is 2. The van der Waals surface area contributed by atoms with Gasteiger partial charge in [-0.3, -0.25) is 4.79 Å². The van der Waals surface area contributed by atoms with Crippen molar-refractivity contribution in [1.82, 2.24) is 0 Å². The molecule has 1 aliphatic heterocycles. The largest absolute Gasteiger partial charge is 0.454 e. The first-order chi connectivity index (χ1) is 7.59. The minimum atomic E-state index is -2.21. The summed E-state index contributed by atoms with van der Waals surface area (Å²) in [6, 6.07) is 4.25. The number of carbonyl (C=O) groups is 1. The van der Waals surface area contributed by atoms with Gasteiger partial charge < -0.3 is 24.8 Å². The van der Waals surface area contributed by atoms with Crippen LogP contribution in [-0.4, -0.2) is 40.3 Å². The highest BCUT2D eigenvalue weighted by Gasteiger charge is 2.44. The van der Waals surface area contributed by atoms with Gasteiger partial charge in [0.1, 0.15) is 12.9 Å². The van der Waals surface area contributed by atoms with E-state index in [0.29, 0.717) is 11.8 Å². The first-order valence-electron chi connectivity index (χ1n) is 4.55.